The Morgan fingerprint density at radius 2 is 1.57 bits per heavy atom. The predicted molar refractivity (Wildman–Crippen MR) is 44.9 cm³/mol. The van der Waals surface area contributed by atoms with Gasteiger partial charge in [-0.25, -0.2) is 4.79 Å². The van der Waals surface area contributed by atoms with Crippen molar-refractivity contribution < 1.29 is 30.0 Å². The van der Waals surface area contributed by atoms with Crippen molar-refractivity contribution in [2.75, 3.05) is 0 Å². The van der Waals surface area contributed by atoms with Crippen molar-refractivity contribution in [2.45, 2.75) is 25.3 Å². The summed E-state index contributed by atoms with van der Waals surface area (Å²) in [4.78, 5) is 19.2. The topological polar surface area (TPSA) is 167 Å². The molecule has 0 rings (SSSR count). The van der Waals surface area contributed by atoms with Gasteiger partial charge in [0.1, 0.15) is 6.17 Å². The van der Waals surface area contributed by atoms with Crippen LogP contribution < -0.4 is 11.5 Å². The van der Waals surface area contributed by atoms with Gasteiger partial charge in [0.25, 0.3) is 5.79 Å². The second kappa shape index (κ2) is 6.27. The van der Waals surface area contributed by atoms with Crippen LogP contribution in [0.1, 0.15) is 13.3 Å². The van der Waals surface area contributed by atoms with Gasteiger partial charge in [0.2, 0.25) is 0 Å². The highest BCUT2D eigenvalue weighted by atomic mass is 16.5. The molecule has 0 radical (unpaired) electrons. The van der Waals surface area contributed by atoms with E-state index < -0.39 is 23.9 Å². The van der Waals surface area contributed by atoms with Crippen LogP contribution in [0.5, 0.6) is 0 Å². The lowest BCUT2D eigenvalue weighted by Gasteiger charge is -2.19. The molecular formula is C6H14N2O6. The number of aliphatic hydroxyl groups is 2. The first-order valence-electron chi connectivity index (χ1n) is 3.57. The Labute approximate surface area is 79.7 Å². The Kier molecular flexibility index (Phi) is 6.83. The Bertz CT molecular complexity index is 202. The molecular weight excluding hydrogens is 196 g/mol. The number of rotatable bonds is 3. The summed E-state index contributed by atoms with van der Waals surface area (Å²) in [5.74, 6) is -5.64. The maximum absolute atomic E-state index is 9.80. The number of carbonyl (C=O) groups is 2. The molecule has 8 heteroatoms. The fourth-order valence-corrected chi connectivity index (χ4v) is 0.143. The third-order valence-electron chi connectivity index (χ3n) is 1.08. The zero-order chi connectivity index (χ0) is 11.9. The van der Waals surface area contributed by atoms with Crippen molar-refractivity contribution >= 4 is 11.9 Å². The number of hydrogen-bond donors (Lipinski definition) is 6. The first kappa shape index (κ1) is 15.3. The smallest absolute Gasteiger partial charge is 0.367 e. The summed E-state index contributed by atoms with van der Waals surface area (Å²) in [6.45, 7) is 1.60. The summed E-state index contributed by atoms with van der Waals surface area (Å²) in [7, 11) is 0. The van der Waals surface area contributed by atoms with Gasteiger partial charge in [-0.15, -0.1) is 0 Å². The lowest BCUT2D eigenvalue weighted by atomic mass is 10.2. The molecule has 0 bridgehead atoms. The normalized spacial score (nSPS) is 10.4. The second-order valence-electron chi connectivity index (χ2n) is 2.30. The highest BCUT2D eigenvalue weighted by Gasteiger charge is 2.38. The third-order valence-corrected chi connectivity index (χ3v) is 1.08. The molecule has 0 saturated heterocycles. The fourth-order valence-electron chi connectivity index (χ4n) is 0.143. The van der Waals surface area contributed by atoms with E-state index in [1.165, 1.54) is 0 Å². The molecule has 0 aliphatic carbocycles. The summed E-state index contributed by atoms with van der Waals surface area (Å²) >= 11 is 0. The van der Waals surface area contributed by atoms with Gasteiger partial charge in [-0.2, -0.15) is 0 Å². The molecule has 8 N–H and O–H groups in total. The maximum atomic E-state index is 9.80. The highest BCUT2D eigenvalue weighted by Crippen LogP contribution is 1.98. The number of nitrogens with two attached hydrogens (primary N) is 2. The van der Waals surface area contributed by atoms with Crippen molar-refractivity contribution in [3.05, 3.63) is 0 Å². The molecule has 0 amide bonds. The molecule has 0 fully saturated rings. The van der Waals surface area contributed by atoms with E-state index in [9.17, 15) is 9.59 Å². The van der Waals surface area contributed by atoms with Gasteiger partial charge in [-0.05, 0) is 0 Å². The Balaban J connectivity index is 0. The Morgan fingerprint density at radius 1 is 1.29 bits per heavy atom. The molecule has 8 nitrogen and oxygen atoms in total. The van der Waals surface area contributed by atoms with E-state index in [-0.39, 0.29) is 6.42 Å². The highest BCUT2D eigenvalue weighted by molar-refractivity contribution is 5.75. The van der Waals surface area contributed by atoms with E-state index in [4.69, 9.17) is 20.4 Å². The van der Waals surface area contributed by atoms with Crippen molar-refractivity contribution in [3.63, 3.8) is 0 Å². The molecule has 0 aliphatic heterocycles. The van der Waals surface area contributed by atoms with E-state index in [1.807, 2.05) is 0 Å². The van der Waals surface area contributed by atoms with Crippen molar-refractivity contribution in [3.8, 4) is 0 Å². The SMILES string of the molecule is CCC(=O)O.NC(N)C(O)(O)C(=O)O. The molecule has 14 heavy (non-hydrogen) atoms. The molecule has 84 valence electrons. The van der Waals surface area contributed by atoms with Crippen LogP contribution in [0.4, 0.5) is 0 Å². The van der Waals surface area contributed by atoms with Gasteiger partial charge in [0.05, 0.1) is 0 Å². The molecule has 0 aromatic rings. The first-order valence-corrected chi connectivity index (χ1v) is 3.57. The Morgan fingerprint density at radius 3 is 1.57 bits per heavy atom. The minimum atomic E-state index is -3.03. The van der Waals surface area contributed by atoms with E-state index in [0.717, 1.165) is 0 Å². The number of carboxylic acids is 2. The number of aliphatic carboxylic acids is 2. The maximum Gasteiger partial charge on any atom is 0.367 e. The zero-order valence-electron chi connectivity index (χ0n) is 7.54. The van der Waals surface area contributed by atoms with Crippen LogP contribution in [0.2, 0.25) is 0 Å². The molecule has 0 saturated carbocycles. The lowest BCUT2D eigenvalue weighted by molar-refractivity contribution is -0.209. The van der Waals surface area contributed by atoms with Crippen LogP contribution >= 0.6 is 0 Å². The van der Waals surface area contributed by atoms with Crippen LogP contribution in [0, 0.1) is 0 Å². The van der Waals surface area contributed by atoms with Crippen LogP contribution in [-0.2, 0) is 9.59 Å². The van der Waals surface area contributed by atoms with Crippen molar-refractivity contribution in [1.82, 2.24) is 0 Å². The zero-order valence-corrected chi connectivity index (χ0v) is 7.54. The molecule has 0 aromatic heterocycles. The predicted octanol–water partition coefficient (Wildman–Crippen LogP) is -2.52. The van der Waals surface area contributed by atoms with E-state index in [0.29, 0.717) is 0 Å². The van der Waals surface area contributed by atoms with Crippen molar-refractivity contribution in [2.24, 2.45) is 11.5 Å². The van der Waals surface area contributed by atoms with Crippen LogP contribution in [0.3, 0.4) is 0 Å². The van der Waals surface area contributed by atoms with Gasteiger partial charge in [0.15, 0.2) is 0 Å². The van der Waals surface area contributed by atoms with Gasteiger partial charge >= 0.3 is 11.9 Å². The minimum Gasteiger partial charge on any atom is -0.481 e. The second-order valence-corrected chi connectivity index (χ2v) is 2.30. The monoisotopic (exact) mass is 210 g/mol. The summed E-state index contributed by atoms with van der Waals surface area (Å²) in [6.07, 6.45) is -1.48. The van der Waals surface area contributed by atoms with Crippen LogP contribution in [0.15, 0.2) is 0 Å². The summed E-state index contributed by atoms with van der Waals surface area (Å²) in [6, 6.07) is 0. The molecule has 0 atom stereocenters. The van der Waals surface area contributed by atoms with Crippen LogP contribution in [0.25, 0.3) is 0 Å². The average molecular weight is 210 g/mol. The van der Waals surface area contributed by atoms with Crippen LogP contribution in [-0.4, -0.2) is 44.3 Å². The van der Waals surface area contributed by atoms with Gasteiger partial charge in [0, 0.05) is 6.42 Å². The average Bonchev–Trinajstić information content (AvgIpc) is 2.04. The summed E-state index contributed by atoms with van der Waals surface area (Å²) in [5, 5.41) is 32.4. The van der Waals surface area contributed by atoms with Crippen molar-refractivity contribution in [1.29, 1.82) is 0 Å². The summed E-state index contributed by atoms with van der Waals surface area (Å²) in [5.41, 5.74) is 9.34. The number of carboxylic acid groups (broad SMARTS) is 2. The first-order chi connectivity index (χ1) is 6.16. The number of hydrogen-bond acceptors (Lipinski definition) is 6. The van der Waals surface area contributed by atoms with E-state index in [1.54, 1.807) is 6.92 Å². The van der Waals surface area contributed by atoms with Gasteiger partial charge in [-0.3, -0.25) is 4.79 Å². The molecule has 0 heterocycles. The van der Waals surface area contributed by atoms with E-state index >= 15 is 0 Å². The van der Waals surface area contributed by atoms with E-state index in [2.05, 4.69) is 11.5 Å². The molecule has 0 aliphatic rings. The molecule has 0 unspecified atom stereocenters. The standard InChI is InChI=1S/C3H8N2O4.C3H6O2/c4-1(5)3(8,9)2(6)7;1-2-3(4)5/h1,8-9H,4-5H2,(H,6,7);2H2,1H3,(H,4,5). The molecule has 0 aromatic carbocycles. The van der Waals surface area contributed by atoms with Gasteiger partial charge < -0.3 is 31.9 Å². The third kappa shape index (κ3) is 6.31. The summed E-state index contributed by atoms with van der Waals surface area (Å²) < 4.78 is 0. The lowest BCUT2D eigenvalue weighted by Crippen LogP contribution is -2.58. The molecule has 0 spiro atoms. The quantitative estimate of drug-likeness (QED) is 0.277. The Hall–Kier alpha value is -1.22. The fraction of sp³-hybridized carbons (Fsp3) is 0.667. The largest absolute Gasteiger partial charge is 0.481 e. The minimum absolute atomic E-state index is 0.222. The van der Waals surface area contributed by atoms with Gasteiger partial charge in [-0.1, -0.05) is 6.92 Å².